The summed E-state index contributed by atoms with van der Waals surface area (Å²) in [6.45, 7) is 4.03. The largest absolute Gasteiger partial charge is 0.355 e. The number of fused-ring (bicyclic) bond motifs is 1. The SMILES string of the molecule is CCNC(=O)[C@@H](C)N(Cc1ccc(Br)cc1)C(=O)CCCN1C(=O)c2ccccc2S1(=O)=O. The van der Waals surface area contributed by atoms with Gasteiger partial charge in [-0.25, -0.2) is 12.7 Å². The van der Waals surface area contributed by atoms with Gasteiger partial charge < -0.3 is 10.2 Å². The fourth-order valence-corrected chi connectivity index (χ4v) is 5.53. The fraction of sp³-hybridized carbons (Fsp3) is 0.348. The number of halogens is 1. The third-order valence-electron chi connectivity index (χ3n) is 5.45. The van der Waals surface area contributed by atoms with Crippen LogP contribution in [0.4, 0.5) is 0 Å². The van der Waals surface area contributed by atoms with E-state index in [1.807, 2.05) is 24.3 Å². The molecular weight excluding hydrogens is 510 g/mol. The van der Waals surface area contributed by atoms with Crippen molar-refractivity contribution in [2.45, 2.75) is 44.2 Å². The second-order valence-corrected chi connectivity index (χ2v) is 10.4. The predicted octanol–water partition coefficient (Wildman–Crippen LogP) is 2.93. The second kappa shape index (κ2) is 10.5. The molecule has 33 heavy (non-hydrogen) atoms. The van der Waals surface area contributed by atoms with E-state index in [9.17, 15) is 22.8 Å². The summed E-state index contributed by atoms with van der Waals surface area (Å²) < 4.78 is 27.1. The Kier molecular flexibility index (Phi) is 7.91. The van der Waals surface area contributed by atoms with E-state index >= 15 is 0 Å². The Morgan fingerprint density at radius 1 is 1.12 bits per heavy atom. The molecule has 0 aromatic heterocycles. The number of rotatable bonds is 9. The first kappa shape index (κ1) is 24.9. The number of carbonyl (C=O) groups is 3. The number of nitrogens with zero attached hydrogens (tertiary/aromatic N) is 2. The third-order valence-corrected chi connectivity index (χ3v) is 7.82. The van der Waals surface area contributed by atoms with Crippen LogP contribution in [0.5, 0.6) is 0 Å². The Hall–Kier alpha value is -2.72. The fourth-order valence-electron chi connectivity index (χ4n) is 3.66. The molecule has 10 heteroatoms. The maximum Gasteiger partial charge on any atom is 0.269 e. The van der Waals surface area contributed by atoms with Crippen LogP contribution in [0.1, 0.15) is 42.6 Å². The number of benzene rings is 2. The van der Waals surface area contributed by atoms with Crippen molar-refractivity contribution in [3.05, 3.63) is 64.1 Å². The van der Waals surface area contributed by atoms with Gasteiger partial charge in [-0.15, -0.1) is 0 Å². The molecule has 0 saturated heterocycles. The molecule has 1 N–H and O–H groups in total. The topological polar surface area (TPSA) is 104 Å². The lowest BCUT2D eigenvalue weighted by molar-refractivity contribution is -0.140. The minimum atomic E-state index is -3.91. The van der Waals surface area contributed by atoms with E-state index < -0.39 is 22.0 Å². The van der Waals surface area contributed by atoms with Crippen molar-refractivity contribution in [2.75, 3.05) is 13.1 Å². The number of nitrogens with one attached hydrogen (secondary N) is 1. The monoisotopic (exact) mass is 535 g/mol. The highest BCUT2D eigenvalue weighted by atomic mass is 79.9. The molecule has 176 valence electrons. The van der Waals surface area contributed by atoms with Crippen LogP contribution >= 0.6 is 15.9 Å². The van der Waals surface area contributed by atoms with Crippen LogP contribution in [0, 0.1) is 0 Å². The summed E-state index contributed by atoms with van der Waals surface area (Å²) in [5.74, 6) is -1.14. The lowest BCUT2D eigenvalue weighted by Gasteiger charge is -2.29. The molecule has 2 aromatic rings. The van der Waals surface area contributed by atoms with Crippen LogP contribution in [0.2, 0.25) is 0 Å². The van der Waals surface area contributed by atoms with E-state index in [2.05, 4.69) is 21.2 Å². The molecule has 1 atom stereocenters. The summed E-state index contributed by atoms with van der Waals surface area (Å²) in [5.41, 5.74) is 1.00. The highest BCUT2D eigenvalue weighted by molar-refractivity contribution is 9.10. The molecule has 1 aliphatic rings. The van der Waals surface area contributed by atoms with E-state index in [1.54, 1.807) is 26.0 Å². The van der Waals surface area contributed by atoms with Crippen molar-refractivity contribution in [2.24, 2.45) is 0 Å². The zero-order chi connectivity index (χ0) is 24.2. The molecule has 0 radical (unpaired) electrons. The summed E-state index contributed by atoms with van der Waals surface area (Å²) in [5, 5.41) is 2.73. The van der Waals surface area contributed by atoms with Crippen LogP contribution in [0.15, 0.2) is 57.9 Å². The number of carbonyl (C=O) groups excluding carboxylic acids is 3. The summed E-state index contributed by atoms with van der Waals surface area (Å²) in [4.78, 5) is 39.5. The van der Waals surface area contributed by atoms with Crippen molar-refractivity contribution in [3.63, 3.8) is 0 Å². The molecule has 3 amide bonds. The lowest BCUT2D eigenvalue weighted by atomic mass is 10.1. The van der Waals surface area contributed by atoms with Gasteiger partial charge in [-0.1, -0.05) is 40.2 Å². The average molecular weight is 536 g/mol. The van der Waals surface area contributed by atoms with Gasteiger partial charge in [0.15, 0.2) is 0 Å². The number of hydrogen-bond acceptors (Lipinski definition) is 5. The van der Waals surface area contributed by atoms with Crippen molar-refractivity contribution in [1.29, 1.82) is 0 Å². The average Bonchev–Trinajstić information content (AvgIpc) is 2.99. The molecule has 0 saturated carbocycles. The first-order valence-corrected chi connectivity index (χ1v) is 12.9. The van der Waals surface area contributed by atoms with Gasteiger partial charge in [0.2, 0.25) is 11.8 Å². The minimum absolute atomic E-state index is 0.00405. The molecule has 0 unspecified atom stereocenters. The van der Waals surface area contributed by atoms with E-state index in [4.69, 9.17) is 0 Å². The highest BCUT2D eigenvalue weighted by Crippen LogP contribution is 2.30. The van der Waals surface area contributed by atoms with E-state index in [0.29, 0.717) is 6.54 Å². The Morgan fingerprint density at radius 3 is 2.42 bits per heavy atom. The quantitative estimate of drug-likeness (QED) is 0.531. The first-order valence-electron chi connectivity index (χ1n) is 10.6. The molecule has 1 heterocycles. The van der Waals surface area contributed by atoms with Gasteiger partial charge in [0, 0.05) is 30.5 Å². The number of amides is 3. The number of likely N-dealkylation sites (N-methyl/N-ethyl adjacent to an activating group) is 1. The van der Waals surface area contributed by atoms with Crippen molar-refractivity contribution in [3.8, 4) is 0 Å². The van der Waals surface area contributed by atoms with Crippen molar-refractivity contribution >= 4 is 43.7 Å². The second-order valence-electron chi connectivity index (χ2n) is 7.70. The maximum atomic E-state index is 13.1. The molecule has 0 bridgehead atoms. The van der Waals surface area contributed by atoms with Gasteiger partial charge in [0.1, 0.15) is 10.9 Å². The summed E-state index contributed by atoms with van der Waals surface area (Å²) in [6.07, 6.45) is 0.146. The molecule has 3 rings (SSSR count). The Balaban J connectivity index is 1.70. The Labute approximate surface area is 202 Å². The van der Waals surface area contributed by atoms with E-state index in [0.717, 1.165) is 14.3 Å². The first-order chi connectivity index (χ1) is 15.7. The maximum absolute atomic E-state index is 13.1. The molecular formula is C23H26BrN3O5S. The Bertz CT molecular complexity index is 1150. The van der Waals surface area contributed by atoms with E-state index in [1.165, 1.54) is 17.0 Å². The summed E-state index contributed by atoms with van der Waals surface area (Å²) >= 11 is 3.38. The predicted molar refractivity (Wildman–Crippen MR) is 127 cm³/mol. The van der Waals surface area contributed by atoms with Crippen molar-refractivity contribution < 1.29 is 22.8 Å². The molecule has 0 spiro atoms. The van der Waals surface area contributed by atoms with Gasteiger partial charge in [-0.2, -0.15) is 0 Å². The zero-order valence-corrected chi connectivity index (χ0v) is 20.9. The van der Waals surface area contributed by atoms with Crippen LogP contribution in [-0.2, 0) is 26.2 Å². The van der Waals surface area contributed by atoms with Gasteiger partial charge >= 0.3 is 0 Å². The third kappa shape index (κ3) is 5.44. The number of hydrogen-bond donors (Lipinski definition) is 1. The van der Waals surface area contributed by atoms with E-state index in [-0.39, 0.29) is 48.2 Å². The van der Waals surface area contributed by atoms with Crippen LogP contribution in [0.3, 0.4) is 0 Å². The Morgan fingerprint density at radius 2 is 1.79 bits per heavy atom. The molecule has 0 aliphatic carbocycles. The van der Waals surface area contributed by atoms with Crippen LogP contribution in [-0.4, -0.2) is 54.5 Å². The zero-order valence-electron chi connectivity index (χ0n) is 18.5. The smallest absolute Gasteiger partial charge is 0.269 e. The normalized spacial score (nSPS) is 15.1. The standard InChI is InChI=1S/C23H26BrN3O5S/c1-3-25-22(29)16(2)26(15-17-10-12-18(24)13-11-17)21(28)9-6-14-27-23(30)19-7-4-5-8-20(19)33(27,31)32/h4-5,7-8,10-13,16H,3,6,9,14-15H2,1-2H3,(H,25,29)/t16-/m1/s1. The van der Waals surface area contributed by atoms with Crippen molar-refractivity contribution in [1.82, 2.24) is 14.5 Å². The minimum Gasteiger partial charge on any atom is -0.355 e. The molecule has 1 aliphatic heterocycles. The lowest BCUT2D eigenvalue weighted by Crippen LogP contribution is -2.47. The molecule has 2 aromatic carbocycles. The van der Waals surface area contributed by atoms with Crippen LogP contribution < -0.4 is 5.32 Å². The highest BCUT2D eigenvalue weighted by Gasteiger charge is 2.40. The molecule has 0 fully saturated rings. The number of sulfonamides is 1. The van der Waals surface area contributed by atoms with Gasteiger partial charge in [-0.3, -0.25) is 14.4 Å². The van der Waals surface area contributed by atoms with Crippen LogP contribution in [0.25, 0.3) is 0 Å². The van der Waals surface area contributed by atoms with Gasteiger partial charge in [0.25, 0.3) is 15.9 Å². The summed E-state index contributed by atoms with van der Waals surface area (Å²) in [7, 11) is -3.91. The summed E-state index contributed by atoms with van der Waals surface area (Å²) in [6, 6.07) is 12.8. The van der Waals surface area contributed by atoms with Gasteiger partial charge in [-0.05, 0) is 50.1 Å². The van der Waals surface area contributed by atoms with Gasteiger partial charge in [0.05, 0.1) is 5.56 Å². The molecule has 8 nitrogen and oxygen atoms in total.